The van der Waals surface area contributed by atoms with Gasteiger partial charge in [0.1, 0.15) is 0 Å². The number of hydrogen-bond acceptors (Lipinski definition) is 7. The third kappa shape index (κ3) is 5.20. The fraction of sp³-hybridized carbons (Fsp3) is 0.640. The van der Waals surface area contributed by atoms with Crippen molar-refractivity contribution in [2.24, 2.45) is 11.8 Å². The summed E-state index contributed by atoms with van der Waals surface area (Å²) in [6.07, 6.45) is 2.26. The second-order valence-corrected chi connectivity index (χ2v) is 10.0. The SMILES string of the molecule is CNC(=O)CN1CCN(C(=O)C2CN(CC3CCCO3)CC3C(=O)N(c4ccccc4)NC23)CC1. The van der Waals surface area contributed by atoms with Crippen LogP contribution in [0.2, 0.25) is 0 Å². The molecule has 10 nitrogen and oxygen atoms in total. The van der Waals surface area contributed by atoms with Crippen LogP contribution in [-0.4, -0.2) is 111 Å². The van der Waals surface area contributed by atoms with E-state index < -0.39 is 0 Å². The van der Waals surface area contributed by atoms with E-state index in [1.54, 1.807) is 12.1 Å². The molecule has 4 aliphatic rings. The molecule has 0 radical (unpaired) electrons. The minimum atomic E-state index is -0.321. The van der Waals surface area contributed by atoms with Crippen LogP contribution in [0.5, 0.6) is 0 Å². The first-order chi connectivity index (χ1) is 17.0. The molecular weight excluding hydrogens is 448 g/mol. The normalized spacial score (nSPS) is 29.9. The average molecular weight is 485 g/mol. The van der Waals surface area contributed by atoms with E-state index in [0.29, 0.717) is 45.8 Å². The van der Waals surface area contributed by atoms with Crippen molar-refractivity contribution >= 4 is 23.4 Å². The molecule has 0 aromatic heterocycles. The first-order valence-electron chi connectivity index (χ1n) is 12.7. The molecule has 4 saturated heterocycles. The van der Waals surface area contributed by atoms with E-state index in [1.807, 2.05) is 35.2 Å². The highest BCUT2D eigenvalue weighted by atomic mass is 16.5. The lowest BCUT2D eigenvalue weighted by molar-refractivity contribution is -0.141. The van der Waals surface area contributed by atoms with Crippen molar-refractivity contribution in [1.29, 1.82) is 0 Å². The number of hydrazine groups is 1. The van der Waals surface area contributed by atoms with E-state index in [0.717, 1.165) is 31.7 Å². The number of hydrogen-bond donors (Lipinski definition) is 2. The lowest BCUT2D eigenvalue weighted by Crippen LogP contribution is -2.60. The van der Waals surface area contributed by atoms with Gasteiger partial charge in [0, 0.05) is 59.5 Å². The van der Waals surface area contributed by atoms with Gasteiger partial charge in [-0.05, 0) is 25.0 Å². The predicted molar refractivity (Wildman–Crippen MR) is 130 cm³/mol. The van der Waals surface area contributed by atoms with Gasteiger partial charge in [-0.2, -0.15) is 0 Å². The fourth-order valence-electron chi connectivity index (χ4n) is 5.81. The number of anilines is 1. The quantitative estimate of drug-likeness (QED) is 0.563. The number of fused-ring (bicyclic) bond motifs is 1. The van der Waals surface area contributed by atoms with Crippen molar-refractivity contribution in [1.82, 2.24) is 25.4 Å². The van der Waals surface area contributed by atoms with E-state index in [4.69, 9.17) is 4.74 Å². The second kappa shape index (κ2) is 10.6. The Balaban J connectivity index is 1.31. The number of carbonyl (C=O) groups excluding carboxylic acids is 3. The van der Waals surface area contributed by atoms with Gasteiger partial charge in [-0.15, -0.1) is 0 Å². The Morgan fingerprint density at radius 3 is 2.54 bits per heavy atom. The summed E-state index contributed by atoms with van der Waals surface area (Å²) in [5, 5.41) is 4.29. The van der Waals surface area contributed by atoms with Crippen LogP contribution in [-0.2, 0) is 19.1 Å². The van der Waals surface area contributed by atoms with Crippen LogP contribution >= 0.6 is 0 Å². The van der Waals surface area contributed by atoms with E-state index in [9.17, 15) is 14.4 Å². The summed E-state index contributed by atoms with van der Waals surface area (Å²) in [6, 6.07) is 9.34. The van der Waals surface area contributed by atoms with Crippen molar-refractivity contribution in [3.05, 3.63) is 30.3 Å². The van der Waals surface area contributed by atoms with Crippen molar-refractivity contribution < 1.29 is 19.1 Å². The molecule has 4 atom stereocenters. The standard InChI is InChI=1S/C25H36N6O4/c1-26-22(32)17-28-9-11-30(12-10-28)24(33)20-15-29(14-19-8-5-13-35-19)16-21-23(20)27-31(25(21)34)18-6-3-2-4-7-18/h2-4,6-7,19-21,23,27H,5,8-17H2,1H3,(H,26,32). The maximum atomic E-state index is 13.8. The molecule has 35 heavy (non-hydrogen) atoms. The lowest BCUT2D eigenvalue weighted by atomic mass is 9.83. The van der Waals surface area contributed by atoms with Gasteiger partial charge in [-0.3, -0.25) is 24.2 Å². The van der Waals surface area contributed by atoms with Crippen LogP contribution in [0.4, 0.5) is 5.69 Å². The number of benzene rings is 1. The molecule has 10 heteroatoms. The fourth-order valence-corrected chi connectivity index (χ4v) is 5.81. The summed E-state index contributed by atoms with van der Waals surface area (Å²) in [4.78, 5) is 45.3. The molecule has 190 valence electrons. The number of likely N-dealkylation sites (tertiary alicyclic amines) is 1. The van der Waals surface area contributed by atoms with E-state index in [1.165, 1.54) is 0 Å². The molecule has 1 aromatic rings. The van der Waals surface area contributed by atoms with Crippen LogP contribution in [0.15, 0.2) is 30.3 Å². The minimum absolute atomic E-state index is 0.0145. The summed E-state index contributed by atoms with van der Waals surface area (Å²) < 4.78 is 5.86. The molecule has 4 unspecified atom stereocenters. The van der Waals surface area contributed by atoms with Crippen molar-refractivity contribution in [3.8, 4) is 0 Å². The maximum Gasteiger partial charge on any atom is 0.247 e. The minimum Gasteiger partial charge on any atom is -0.377 e. The van der Waals surface area contributed by atoms with Gasteiger partial charge in [-0.1, -0.05) is 18.2 Å². The maximum absolute atomic E-state index is 13.8. The number of piperidine rings is 1. The smallest absolute Gasteiger partial charge is 0.247 e. The molecule has 3 amide bonds. The highest BCUT2D eigenvalue weighted by molar-refractivity contribution is 5.98. The number of rotatable bonds is 6. The number of nitrogens with one attached hydrogen (secondary N) is 2. The third-order valence-corrected chi connectivity index (χ3v) is 7.74. The lowest BCUT2D eigenvalue weighted by Gasteiger charge is -2.42. The molecule has 0 aliphatic carbocycles. The van der Waals surface area contributed by atoms with E-state index in [2.05, 4.69) is 20.5 Å². The van der Waals surface area contributed by atoms with Crippen LogP contribution in [0, 0.1) is 11.8 Å². The molecule has 5 rings (SSSR count). The largest absolute Gasteiger partial charge is 0.377 e. The number of carbonyl (C=O) groups is 3. The first kappa shape index (κ1) is 24.2. The number of nitrogens with zero attached hydrogens (tertiary/aromatic N) is 4. The summed E-state index contributed by atoms with van der Waals surface area (Å²) in [7, 11) is 1.64. The Labute approximate surface area is 206 Å². The Kier molecular flexibility index (Phi) is 7.33. The topological polar surface area (TPSA) is 97.5 Å². The number of para-hydroxylation sites is 1. The highest BCUT2D eigenvalue weighted by Crippen LogP contribution is 2.33. The number of ether oxygens (including phenoxy) is 1. The molecule has 4 fully saturated rings. The molecule has 2 N–H and O–H groups in total. The molecular formula is C25H36N6O4. The van der Waals surface area contributed by atoms with Gasteiger partial charge in [0.05, 0.1) is 36.2 Å². The number of likely N-dealkylation sites (N-methyl/N-ethyl adjacent to an activating group) is 1. The molecule has 0 spiro atoms. The summed E-state index contributed by atoms with van der Waals surface area (Å²) in [6.45, 7) is 5.65. The molecule has 0 bridgehead atoms. The Morgan fingerprint density at radius 1 is 1.09 bits per heavy atom. The zero-order chi connectivity index (χ0) is 24.4. The van der Waals surface area contributed by atoms with Gasteiger partial charge >= 0.3 is 0 Å². The number of amides is 3. The molecule has 0 saturated carbocycles. The van der Waals surface area contributed by atoms with Crippen molar-refractivity contribution in [2.45, 2.75) is 25.0 Å². The monoisotopic (exact) mass is 484 g/mol. The van der Waals surface area contributed by atoms with Crippen LogP contribution < -0.4 is 15.8 Å². The van der Waals surface area contributed by atoms with Crippen molar-refractivity contribution in [2.75, 3.05) is 71.0 Å². The summed E-state index contributed by atoms with van der Waals surface area (Å²) in [5.74, 6) is -0.509. The van der Waals surface area contributed by atoms with Gasteiger partial charge in [-0.25, -0.2) is 10.4 Å². The van der Waals surface area contributed by atoms with Crippen LogP contribution in [0.1, 0.15) is 12.8 Å². The van der Waals surface area contributed by atoms with Gasteiger partial charge in [0.2, 0.25) is 17.7 Å². The summed E-state index contributed by atoms with van der Waals surface area (Å²) >= 11 is 0. The van der Waals surface area contributed by atoms with Gasteiger partial charge < -0.3 is 15.0 Å². The van der Waals surface area contributed by atoms with Crippen molar-refractivity contribution in [3.63, 3.8) is 0 Å². The Bertz CT molecular complexity index is 916. The van der Waals surface area contributed by atoms with E-state index >= 15 is 0 Å². The molecule has 4 heterocycles. The summed E-state index contributed by atoms with van der Waals surface area (Å²) in [5.41, 5.74) is 4.20. The van der Waals surface area contributed by atoms with E-state index in [-0.39, 0.29) is 41.7 Å². The van der Waals surface area contributed by atoms with Gasteiger partial charge in [0.15, 0.2) is 0 Å². The first-order valence-corrected chi connectivity index (χ1v) is 12.7. The third-order valence-electron chi connectivity index (χ3n) is 7.74. The molecule has 1 aromatic carbocycles. The Morgan fingerprint density at radius 2 is 1.86 bits per heavy atom. The second-order valence-electron chi connectivity index (χ2n) is 10.0. The van der Waals surface area contributed by atoms with Gasteiger partial charge in [0.25, 0.3) is 0 Å². The average Bonchev–Trinajstić information content (AvgIpc) is 3.52. The van der Waals surface area contributed by atoms with Crippen LogP contribution in [0.3, 0.4) is 0 Å². The molecule has 4 aliphatic heterocycles. The highest BCUT2D eigenvalue weighted by Gasteiger charge is 2.52. The van der Waals surface area contributed by atoms with Crippen LogP contribution in [0.25, 0.3) is 0 Å². The zero-order valence-corrected chi connectivity index (χ0v) is 20.4. The zero-order valence-electron chi connectivity index (χ0n) is 20.4. The Hall–Kier alpha value is -2.53. The predicted octanol–water partition coefficient (Wildman–Crippen LogP) is -0.476. The number of piperazine rings is 1.